The summed E-state index contributed by atoms with van der Waals surface area (Å²) in [5.74, 6) is -1.43. The molecule has 134 valence electrons. The van der Waals surface area contributed by atoms with Gasteiger partial charge < -0.3 is 9.64 Å². The lowest BCUT2D eigenvalue weighted by Gasteiger charge is -2.18. The number of imide groups is 1. The van der Waals surface area contributed by atoms with Crippen molar-refractivity contribution in [1.82, 2.24) is 9.80 Å². The van der Waals surface area contributed by atoms with E-state index in [1.54, 1.807) is 38.1 Å². The molecule has 0 spiro atoms. The van der Waals surface area contributed by atoms with E-state index in [-0.39, 0.29) is 18.7 Å². The number of rotatable bonds is 7. The fraction of sp³-hybridized carbons (Fsp3) is 0.412. The molecular formula is C17H19BrN2O5. The molecule has 1 heterocycles. The van der Waals surface area contributed by atoms with E-state index >= 15 is 0 Å². The van der Waals surface area contributed by atoms with Crippen LogP contribution >= 0.6 is 15.9 Å². The Morgan fingerprint density at radius 2 is 1.76 bits per heavy atom. The smallest absolute Gasteiger partial charge is 0.327 e. The van der Waals surface area contributed by atoms with Crippen LogP contribution in [0.4, 0.5) is 4.79 Å². The van der Waals surface area contributed by atoms with Crippen LogP contribution < -0.4 is 0 Å². The summed E-state index contributed by atoms with van der Waals surface area (Å²) in [4.78, 5) is 50.7. The number of benzene rings is 1. The van der Waals surface area contributed by atoms with Crippen molar-refractivity contribution in [1.29, 1.82) is 0 Å². The topological polar surface area (TPSA) is 84.0 Å². The minimum atomic E-state index is -0.868. The van der Waals surface area contributed by atoms with Gasteiger partial charge in [0.2, 0.25) is 0 Å². The number of hydrogen-bond acceptors (Lipinski definition) is 5. The van der Waals surface area contributed by atoms with E-state index < -0.39 is 30.6 Å². The monoisotopic (exact) mass is 410 g/mol. The van der Waals surface area contributed by atoms with Crippen LogP contribution in [-0.2, 0) is 14.3 Å². The maximum absolute atomic E-state index is 12.2. The zero-order chi connectivity index (χ0) is 18.6. The third kappa shape index (κ3) is 4.25. The van der Waals surface area contributed by atoms with Crippen molar-refractivity contribution in [3.8, 4) is 0 Å². The normalized spacial score (nSPS) is 17.2. The lowest BCUT2D eigenvalue weighted by atomic mass is 10.1. The van der Waals surface area contributed by atoms with Gasteiger partial charge in [-0.15, -0.1) is 0 Å². The Morgan fingerprint density at radius 3 is 2.32 bits per heavy atom. The van der Waals surface area contributed by atoms with Gasteiger partial charge in [0, 0.05) is 23.1 Å². The van der Waals surface area contributed by atoms with Crippen molar-refractivity contribution in [2.75, 3.05) is 19.7 Å². The molecule has 1 aliphatic rings. The standard InChI is InChI=1S/C17H19BrN2O5/c1-3-19-13(16(23)20(4-2)17(19)24)9-15(22)25-10-14(21)11-5-7-12(18)8-6-11/h5-8,13H,3-4,9-10H2,1-2H3/t13-/m0/s1. The summed E-state index contributed by atoms with van der Waals surface area (Å²) in [6.07, 6.45) is -0.261. The van der Waals surface area contributed by atoms with Crippen molar-refractivity contribution in [3.05, 3.63) is 34.3 Å². The molecule has 0 saturated carbocycles. The van der Waals surface area contributed by atoms with E-state index in [4.69, 9.17) is 4.74 Å². The number of esters is 1. The second-order valence-electron chi connectivity index (χ2n) is 5.46. The number of carbonyl (C=O) groups excluding carboxylic acids is 4. The summed E-state index contributed by atoms with van der Waals surface area (Å²) in [6.45, 7) is 3.60. The van der Waals surface area contributed by atoms with Crippen molar-refractivity contribution in [2.24, 2.45) is 0 Å². The highest BCUT2D eigenvalue weighted by atomic mass is 79.9. The van der Waals surface area contributed by atoms with E-state index in [9.17, 15) is 19.2 Å². The van der Waals surface area contributed by atoms with E-state index in [2.05, 4.69) is 15.9 Å². The third-order valence-corrected chi connectivity index (χ3v) is 4.48. The molecule has 0 aliphatic carbocycles. The molecule has 1 atom stereocenters. The van der Waals surface area contributed by atoms with Crippen LogP contribution in [0.25, 0.3) is 0 Å². The van der Waals surface area contributed by atoms with E-state index in [1.165, 1.54) is 4.90 Å². The largest absolute Gasteiger partial charge is 0.457 e. The molecule has 8 heteroatoms. The van der Waals surface area contributed by atoms with Crippen LogP contribution in [0, 0.1) is 0 Å². The zero-order valence-corrected chi connectivity index (χ0v) is 15.6. The molecule has 0 N–H and O–H groups in total. The maximum Gasteiger partial charge on any atom is 0.327 e. The first-order valence-electron chi connectivity index (χ1n) is 7.95. The molecule has 1 fully saturated rings. The molecule has 1 aromatic rings. The Kier molecular flexibility index (Phi) is 6.30. The number of carbonyl (C=O) groups is 4. The van der Waals surface area contributed by atoms with Gasteiger partial charge in [-0.3, -0.25) is 19.3 Å². The first-order valence-corrected chi connectivity index (χ1v) is 8.74. The van der Waals surface area contributed by atoms with Gasteiger partial charge in [-0.2, -0.15) is 0 Å². The quantitative estimate of drug-likeness (QED) is 0.391. The van der Waals surface area contributed by atoms with Gasteiger partial charge in [-0.25, -0.2) is 4.79 Å². The summed E-state index contributed by atoms with van der Waals surface area (Å²) in [5, 5.41) is 0. The van der Waals surface area contributed by atoms with Gasteiger partial charge >= 0.3 is 12.0 Å². The predicted octanol–water partition coefficient (Wildman–Crippen LogP) is 2.24. The lowest BCUT2D eigenvalue weighted by Crippen LogP contribution is -2.37. The van der Waals surface area contributed by atoms with Crippen LogP contribution in [-0.4, -0.2) is 59.2 Å². The van der Waals surface area contributed by atoms with E-state index in [1.807, 2.05) is 0 Å². The Hall–Kier alpha value is -2.22. The molecule has 7 nitrogen and oxygen atoms in total. The summed E-state index contributed by atoms with van der Waals surface area (Å²) < 4.78 is 5.83. The van der Waals surface area contributed by atoms with Crippen LogP contribution in [0.3, 0.4) is 0 Å². The van der Waals surface area contributed by atoms with Gasteiger partial charge in [-0.1, -0.05) is 28.1 Å². The molecular weight excluding hydrogens is 392 g/mol. The van der Waals surface area contributed by atoms with Crippen LogP contribution in [0.15, 0.2) is 28.7 Å². The minimum absolute atomic E-state index is 0.252. The van der Waals surface area contributed by atoms with Gasteiger partial charge in [0.1, 0.15) is 6.04 Å². The molecule has 0 radical (unpaired) electrons. The molecule has 0 bridgehead atoms. The minimum Gasteiger partial charge on any atom is -0.457 e. The number of ether oxygens (including phenoxy) is 1. The number of Topliss-reactive ketones (excluding diaryl/α,β-unsaturated/α-hetero) is 1. The summed E-state index contributed by atoms with van der Waals surface area (Å²) in [6, 6.07) is 5.41. The number of ketones is 1. The Morgan fingerprint density at radius 1 is 1.12 bits per heavy atom. The third-order valence-electron chi connectivity index (χ3n) is 3.95. The first-order chi connectivity index (χ1) is 11.9. The number of halogens is 1. The molecule has 0 aromatic heterocycles. The van der Waals surface area contributed by atoms with E-state index in [0.29, 0.717) is 12.1 Å². The van der Waals surface area contributed by atoms with Crippen LogP contribution in [0.1, 0.15) is 30.6 Å². The highest BCUT2D eigenvalue weighted by molar-refractivity contribution is 9.10. The number of nitrogens with zero attached hydrogens (tertiary/aromatic N) is 2. The molecule has 25 heavy (non-hydrogen) atoms. The Balaban J connectivity index is 1.93. The zero-order valence-electron chi connectivity index (χ0n) is 14.0. The lowest BCUT2D eigenvalue weighted by molar-refractivity contribution is -0.145. The average molecular weight is 411 g/mol. The second kappa shape index (κ2) is 8.24. The Bertz CT molecular complexity index is 689. The van der Waals surface area contributed by atoms with Crippen LogP contribution in [0.5, 0.6) is 0 Å². The summed E-state index contributed by atoms with van der Waals surface area (Å²) in [7, 11) is 0. The van der Waals surface area contributed by atoms with Gasteiger partial charge in [0.25, 0.3) is 5.91 Å². The number of hydrogen-bond donors (Lipinski definition) is 0. The average Bonchev–Trinajstić information content (AvgIpc) is 2.82. The molecule has 0 unspecified atom stereocenters. The molecule has 2 rings (SSSR count). The first kappa shape index (κ1) is 19.1. The van der Waals surface area contributed by atoms with Crippen LogP contribution in [0.2, 0.25) is 0 Å². The van der Waals surface area contributed by atoms with Crippen molar-refractivity contribution < 1.29 is 23.9 Å². The number of amides is 3. The van der Waals surface area contributed by atoms with Gasteiger partial charge in [-0.05, 0) is 26.0 Å². The molecule has 1 saturated heterocycles. The highest BCUT2D eigenvalue weighted by Crippen LogP contribution is 2.20. The Labute approximate surface area is 154 Å². The highest BCUT2D eigenvalue weighted by Gasteiger charge is 2.44. The molecule has 1 aliphatic heterocycles. The van der Waals surface area contributed by atoms with Crippen molar-refractivity contribution in [2.45, 2.75) is 26.3 Å². The predicted molar refractivity (Wildman–Crippen MR) is 93.0 cm³/mol. The van der Waals surface area contributed by atoms with E-state index in [0.717, 1.165) is 9.37 Å². The van der Waals surface area contributed by atoms with Gasteiger partial charge in [0.15, 0.2) is 12.4 Å². The fourth-order valence-electron chi connectivity index (χ4n) is 2.62. The summed E-state index contributed by atoms with van der Waals surface area (Å²) in [5.41, 5.74) is 0.426. The molecule has 1 aromatic carbocycles. The number of urea groups is 1. The fourth-order valence-corrected chi connectivity index (χ4v) is 2.89. The SMILES string of the molecule is CCN1C(=O)[C@H](CC(=O)OCC(=O)c2ccc(Br)cc2)N(CC)C1=O. The maximum atomic E-state index is 12.2. The number of likely N-dealkylation sites (N-methyl/N-ethyl adjacent to an activating group) is 2. The second-order valence-corrected chi connectivity index (χ2v) is 6.38. The summed E-state index contributed by atoms with van der Waals surface area (Å²) >= 11 is 3.27. The van der Waals surface area contributed by atoms with Gasteiger partial charge in [0.05, 0.1) is 6.42 Å². The molecule has 3 amide bonds. The van der Waals surface area contributed by atoms with Crippen molar-refractivity contribution >= 4 is 39.6 Å². The van der Waals surface area contributed by atoms with Crippen molar-refractivity contribution in [3.63, 3.8) is 0 Å².